The summed E-state index contributed by atoms with van der Waals surface area (Å²) in [6.45, 7) is 11.0. The Morgan fingerprint density at radius 3 is 2.75 bits per heavy atom. The summed E-state index contributed by atoms with van der Waals surface area (Å²) >= 11 is 0. The number of hydrogen-bond acceptors (Lipinski definition) is 7. The number of rotatable bonds is 9. The lowest BCUT2D eigenvalue weighted by Gasteiger charge is -2.23. The monoisotopic (exact) mass is 431 g/mol. The van der Waals surface area contributed by atoms with E-state index in [1.54, 1.807) is 12.3 Å². The molecule has 7 heteroatoms. The second kappa shape index (κ2) is 10.4. The van der Waals surface area contributed by atoms with Crippen LogP contribution in [0, 0.1) is 25.2 Å². The Bertz CT molecular complexity index is 1060. The number of fused-ring (bicyclic) bond motifs is 1. The quantitative estimate of drug-likeness (QED) is 0.412. The number of nitrogens with zero attached hydrogens (tertiary/aromatic N) is 4. The molecule has 32 heavy (non-hydrogen) atoms. The van der Waals surface area contributed by atoms with Crippen molar-refractivity contribution in [2.45, 2.75) is 33.1 Å². The molecule has 1 heterocycles. The van der Waals surface area contributed by atoms with E-state index in [2.05, 4.69) is 41.6 Å². The van der Waals surface area contributed by atoms with Crippen molar-refractivity contribution in [3.05, 3.63) is 76.3 Å². The maximum atomic E-state index is 9.06. The van der Waals surface area contributed by atoms with Crippen LogP contribution in [-0.4, -0.2) is 36.1 Å². The van der Waals surface area contributed by atoms with Gasteiger partial charge in [-0.2, -0.15) is 5.26 Å². The molecule has 168 valence electrons. The fourth-order valence-corrected chi connectivity index (χ4v) is 4.21. The molecule has 3 rings (SSSR count). The van der Waals surface area contributed by atoms with Gasteiger partial charge >= 0.3 is 0 Å². The Kier molecular flexibility index (Phi) is 7.65. The van der Waals surface area contributed by atoms with Crippen molar-refractivity contribution in [1.29, 1.82) is 5.26 Å². The van der Waals surface area contributed by atoms with E-state index in [-0.39, 0.29) is 0 Å². The van der Waals surface area contributed by atoms with Crippen LogP contribution in [0.3, 0.4) is 0 Å². The Labute approximate surface area is 190 Å². The fourth-order valence-electron chi connectivity index (χ4n) is 4.21. The van der Waals surface area contributed by atoms with Crippen LogP contribution in [0.1, 0.15) is 39.8 Å². The van der Waals surface area contributed by atoms with E-state index in [0.717, 1.165) is 37.9 Å². The van der Waals surface area contributed by atoms with Gasteiger partial charge in [0, 0.05) is 44.3 Å². The predicted molar refractivity (Wildman–Crippen MR) is 130 cm³/mol. The molecule has 0 unspecified atom stereocenters. The molecule has 7 nitrogen and oxygen atoms in total. The molecule has 0 fully saturated rings. The second-order valence-corrected chi connectivity index (χ2v) is 8.37. The average Bonchev–Trinajstić information content (AvgIpc) is 3.14. The first-order valence-electron chi connectivity index (χ1n) is 10.9. The number of allylic oxidation sites excluding steroid dienone is 1. The van der Waals surface area contributed by atoms with E-state index in [1.807, 2.05) is 6.92 Å². The van der Waals surface area contributed by atoms with E-state index < -0.39 is 0 Å². The molecule has 0 saturated carbocycles. The molecule has 1 aromatic heterocycles. The van der Waals surface area contributed by atoms with Crippen LogP contribution in [-0.2, 0) is 12.8 Å². The third-order valence-corrected chi connectivity index (χ3v) is 6.10. The Morgan fingerprint density at radius 1 is 1.28 bits per heavy atom. The maximum Gasteiger partial charge on any atom is 0.147 e. The average molecular weight is 432 g/mol. The second-order valence-electron chi connectivity index (χ2n) is 8.37. The summed E-state index contributed by atoms with van der Waals surface area (Å²) in [6.07, 6.45) is 6.27. The summed E-state index contributed by atoms with van der Waals surface area (Å²) in [5, 5.41) is 10.5. The van der Waals surface area contributed by atoms with Gasteiger partial charge in [-0.15, -0.1) is 0 Å². The lowest BCUT2D eigenvalue weighted by molar-refractivity contribution is 0.306. The summed E-state index contributed by atoms with van der Waals surface area (Å²) < 4.78 is 0. The largest absolute Gasteiger partial charge is 0.400 e. The zero-order valence-corrected chi connectivity index (χ0v) is 19.1. The molecular weight excluding hydrogens is 398 g/mol. The van der Waals surface area contributed by atoms with Crippen LogP contribution in [0.25, 0.3) is 5.57 Å². The summed E-state index contributed by atoms with van der Waals surface area (Å²) in [5.41, 5.74) is 20.9. The minimum Gasteiger partial charge on any atom is -0.400 e. The highest BCUT2D eigenvalue weighted by molar-refractivity contribution is 5.72. The number of nitrogens with two attached hydrogens (primary N) is 3. The zero-order chi connectivity index (χ0) is 23.3. The summed E-state index contributed by atoms with van der Waals surface area (Å²) in [6, 6.07) is 8.32. The SMILES string of the molecule is C=C1CCc2c1ccc(CCN(CCN)C/C(N)=C/N(N)c1cc(C)c(C#N)cn1)c2C. The fraction of sp³-hybridized carbons (Fsp3) is 0.360. The van der Waals surface area contributed by atoms with Crippen LogP contribution in [0.5, 0.6) is 0 Å². The van der Waals surface area contributed by atoms with Crippen LogP contribution in [0.2, 0.25) is 0 Å². The highest BCUT2D eigenvalue weighted by Gasteiger charge is 2.18. The van der Waals surface area contributed by atoms with Gasteiger partial charge in [0.2, 0.25) is 0 Å². The molecule has 0 bridgehead atoms. The third-order valence-electron chi connectivity index (χ3n) is 6.10. The van der Waals surface area contributed by atoms with Gasteiger partial charge in [0.15, 0.2) is 0 Å². The Balaban J connectivity index is 1.65. The van der Waals surface area contributed by atoms with Crippen LogP contribution in [0.15, 0.2) is 42.9 Å². The number of nitriles is 1. The smallest absolute Gasteiger partial charge is 0.147 e. The molecule has 1 aromatic carbocycles. The lowest BCUT2D eigenvalue weighted by Crippen LogP contribution is -2.36. The maximum absolute atomic E-state index is 9.06. The molecule has 2 aromatic rings. The van der Waals surface area contributed by atoms with Gasteiger partial charge in [0.05, 0.1) is 5.56 Å². The Morgan fingerprint density at radius 2 is 2.06 bits per heavy atom. The molecule has 0 spiro atoms. The summed E-state index contributed by atoms with van der Waals surface area (Å²) in [7, 11) is 0. The van der Waals surface area contributed by atoms with Crippen molar-refractivity contribution >= 4 is 11.4 Å². The van der Waals surface area contributed by atoms with Crippen molar-refractivity contribution in [3.63, 3.8) is 0 Å². The molecule has 6 N–H and O–H groups in total. The van der Waals surface area contributed by atoms with Crippen LogP contribution < -0.4 is 22.3 Å². The van der Waals surface area contributed by atoms with Gasteiger partial charge in [-0.05, 0) is 72.6 Å². The highest BCUT2D eigenvalue weighted by atomic mass is 15.4. The van der Waals surface area contributed by atoms with E-state index in [1.165, 1.54) is 39.0 Å². The number of aromatic nitrogens is 1. The summed E-state index contributed by atoms with van der Waals surface area (Å²) in [4.78, 5) is 6.48. The first kappa shape index (κ1) is 23.5. The van der Waals surface area contributed by atoms with Gasteiger partial charge in [-0.25, -0.2) is 10.8 Å². The molecule has 0 saturated heterocycles. The van der Waals surface area contributed by atoms with Crippen molar-refractivity contribution in [2.24, 2.45) is 17.3 Å². The number of benzene rings is 1. The number of hydrogen-bond donors (Lipinski definition) is 3. The van der Waals surface area contributed by atoms with Crippen molar-refractivity contribution < 1.29 is 0 Å². The van der Waals surface area contributed by atoms with Crippen molar-refractivity contribution in [1.82, 2.24) is 9.88 Å². The number of pyridine rings is 1. The van der Waals surface area contributed by atoms with Gasteiger partial charge in [0.1, 0.15) is 11.9 Å². The third kappa shape index (κ3) is 5.35. The van der Waals surface area contributed by atoms with Gasteiger partial charge in [0.25, 0.3) is 0 Å². The highest BCUT2D eigenvalue weighted by Crippen LogP contribution is 2.34. The molecule has 1 aliphatic carbocycles. The van der Waals surface area contributed by atoms with Crippen LogP contribution >= 0.6 is 0 Å². The van der Waals surface area contributed by atoms with E-state index in [4.69, 9.17) is 22.6 Å². The van der Waals surface area contributed by atoms with E-state index in [0.29, 0.717) is 30.2 Å². The van der Waals surface area contributed by atoms with E-state index >= 15 is 0 Å². The Hall–Kier alpha value is -3.18. The van der Waals surface area contributed by atoms with Gasteiger partial charge in [-0.1, -0.05) is 18.7 Å². The molecular formula is C25H33N7. The first-order valence-corrected chi connectivity index (χ1v) is 10.9. The van der Waals surface area contributed by atoms with Crippen molar-refractivity contribution in [2.75, 3.05) is 31.2 Å². The lowest BCUT2D eigenvalue weighted by atomic mass is 9.96. The molecule has 0 radical (unpaired) electrons. The normalized spacial score (nSPS) is 13.4. The van der Waals surface area contributed by atoms with Crippen LogP contribution in [0.4, 0.5) is 5.82 Å². The van der Waals surface area contributed by atoms with Crippen molar-refractivity contribution in [3.8, 4) is 6.07 Å². The molecule has 0 aliphatic heterocycles. The first-order chi connectivity index (χ1) is 15.3. The van der Waals surface area contributed by atoms with E-state index in [9.17, 15) is 0 Å². The molecule has 0 atom stereocenters. The predicted octanol–water partition coefficient (Wildman–Crippen LogP) is 2.51. The number of anilines is 1. The van der Waals surface area contributed by atoms with Gasteiger partial charge in [-0.3, -0.25) is 9.91 Å². The standard InChI is InChI=1S/C25H33N7/c1-17-4-6-24-19(3)20(5-7-23(17)24)8-10-31(11-9-26)15-22(28)16-32(29)25-12-18(2)21(13-27)14-30-25/h5,7,12,14,16H,1,4,6,8-11,15,26,28-29H2,2-3H3/b22-16-. The molecule has 1 aliphatic rings. The summed E-state index contributed by atoms with van der Waals surface area (Å²) in [5.74, 6) is 6.67. The minimum atomic E-state index is 0.527. The number of aryl methyl sites for hydroxylation is 1. The zero-order valence-electron chi connectivity index (χ0n) is 19.1. The minimum absolute atomic E-state index is 0.527. The molecule has 0 amide bonds. The van der Waals surface area contributed by atoms with Gasteiger partial charge < -0.3 is 11.5 Å². The topological polar surface area (TPSA) is 121 Å². The number of hydrazine groups is 1.